The van der Waals surface area contributed by atoms with Gasteiger partial charge in [0.25, 0.3) is 5.91 Å². The van der Waals surface area contributed by atoms with Crippen molar-refractivity contribution in [1.82, 2.24) is 15.5 Å². The minimum Gasteiger partial charge on any atom is -0.348 e. The summed E-state index contributed by atoms with van der Waals surface area (Å²) in [7, 11) is 1.92. The Morgan fingerprint density at radius 1 is 1.19 bits per heavy atom. The van der Waals surface area contributed by atoms with Crippen LogP contribution in [0.5, 0.6) is 0 Å². The molecule has 150 valence electrons. The first-order chi connectivity index (χ1) is 12.6. The van der Waals surface area contributed by atoms with Crippen LogP contribution in [-0.4, -0.2) is 54.7 Å². The lowest BCUT2D eigenvalue weighted by molar-refractivity contribution is -0.129. The highest BCUT2D eigenvalue weighted by Crippen LogP contribution is 2.25. The molecule has 0 radical (unpaired) electrons. The molecular weight excluding hydrogens is 382 g/mol. The number of rotatable bonds is 6. The van der Waals surface area contributed by atoms with Gasteiger partial charge in [0.15, 0.2) is 0 Å². The summed E-state index contributed by atoms with van der Waals surface area (Å²) in [5, 5.41) is 6.34. The molecule has 1 atom stereocenters. The van der Waals surface area contributed by atoms with Gasteiger partial charge in [0, 0.05) is 30.6 Å². The van der Waals surface area contributed by atoms with Gasteiger partial charge >= 0.3 is 0 Å². The van der Waals surface area contributed by atoms with Gasteiger partial charge < -0.3 is 15.5 Å². The number of hydrogen-bond donors (Lipinski definition) is 2. The highest BCUT2D eigenvalue weighted by atomic mass is 35.5. The van der Waals surface area contributed by atoms with Crippen molar-refractivity contribution in [2.45, 2.75) is 55.5 Å². The fourth-order valence-corrected chi connectivity index (χ4v) is 4.71. The molecule has 1 aromatic carbocycles. The minimum atomic E-state index is -0.0464. The second-order valence-electron chi connectivity index (χ2n) is 7.24. The maximum atomic E-state index is 12.6. The van der Waals surface area contributed by atoms with Gasteiger partial charge in [0.1, 0.15) is 0 Å². The van der Waals surface area contributed by atoms with Crippen LogP contribution in [0.2, 0.25) is 0 Å². The van der Waals surface area contributed by atoms with Crippen LogP contribution in [0.1, 0.15) is 48.9 Å². The highest BCUT2D eigenvalue weighted by molar-refractivity contribution is 8.00. The Morgan fingerprint density at radius 3 is 2.63 bits per heavy atom. The molecule has 27 heavy (non-hydrogen) atoms. The first-order valence-corrected chi connectivity index (χ1v) is 10.6. The third-order valence-corrected chi connectivity index (χ3v) is 6.45. The molecule has 1 saturated heterocycles. The zero-order chi connectivity index (χ0) is 18.4. The Hall–Kier alpha value is -1.24. The number of thioether (sulfide) groups is 1. The van der Waals surface area contributed by atoms with Crippen molar-refractivity contribution in [1.29, 1.82) is 0 Å². The van der Waals surface area contributed by atoms with Gasteiger partial charge in [-0.25, -0.2) is 0 Å². The van der Waals surface area contributed by atoms with Gasteiger partial charge in [-0.15, -0.1) is 24.2 Å². The molecule has 2 N–H and O–H groups in total. The second-order valence-corrected chi connectivity index (χ2v) is 8.26. The summed E-state index contributed by atoms with van der Waals surface area (Å²) < 4.78 is 0. The predicted octanol–water partition coefficient (Wildman–Crippen LogP) is 3.08. The van der Waals surface area contributed by atoms with Crippen LogP contribution in [0.4, 0.5) is 0 Å². The van der Waals surface area contributed by atoms with E-state index in [0.717, 1.165) is 37.2 Å². The van der Waals surface area contributed by atoms with Gasteiger partial charge in [0.05, 0.1) is 11.3 Å². The van der Waals surface area contributed by atoms with E-state index in [9.17, 15) is 9.59 Å². The Bertz CT molecular complexity index is 631. The van der Waals surface area contributed by atoms with E-state index in [1.807, 2.05) is 36.2 Å². The fourth-order valence-electron chi connectivity index (χ4n) is 3.73. The molecule has 1 heterocycles. The third-order valence-electron chi connectivity index (χ3n) is 5.39. The molecule has 0 aromatic heterocycles. The zero-order valence-corrected chi connectivity index (χ0v) is 17.5. The Labute approximate surface area is 172 Å². The van der Waals surface area contributed by atoms with Crippen molar-refractivity contribution in [3.8, 4) is 0 Å². The molecule has 1 aromatic rings. The third kappa shape index (κ3) is 6.13. The molecule has 3 rings (SSSR count). The van der Waals surface area contributed by atoms with Crippen LogP contribution in [-0.2, 0) is 4.79 Å². The number of hydrogen-bond acceptors (Lipinski definition) is 4. The maximum Gasteiger partial charge on any atom is 0.252 e. The summed E-state index contributed by atoms with van der Waals surface area (Å²) in [4.78, 5) is 28.0. The monoisotopic (exact) mass is 411 g/mol. The van der Waals surface area contributed by atoms with Gasteiger partial charge in [0.2, 0.25) is 5.91 Å². The average molecular weight is 412 g/mol. The first kappa shape index (κ1) is 22.1. The first-order valence-electron chi connectivity index (χ1n) is 9.64. The Balaban J connectivity index is 0.00000261. The molecule has 7 heteroatoms. The number of benzene rings is 1. The predicted molar refractivity (Wildman–Crippen MR) is 113 cm³/mol. The van der Waals surface area contributed by atoms with Crippen molar-refractivity contribution in [2.75, 3.05) is 25.9 Å². The smallest absolute Gasteiger partial charge is 0.252 e. The number of nitrogens with zero attached hydrogens (tertiary/aromatic N) is 1. The average Bonchev–Trinajstić information content (AvgIpc) is 3.19. The summed E-state index contributed by atoms with van der Waals surface area (Å²) in [6.45, 7) is 1.77. The number of amides is 2. The summed E-state index contributed by atoms with van der Waals surface area (Å²) in [5.41, 5.74) is 0.664. The van der Waals surface area contributed by atoms with Gasteiger partial charge in [-0.2, -0.15) is 0 Å². The summed E-state index contributed by atoms with van der Waals surface area (Å²) in [6.07, 6.45) is 6.91. The number of carbonyl (C=O) groups is 2. The van der Waals surface area contributed by atoms with Crippen LogP contribution in [0, 0.1) is 0 Å². The number of nitrogens with one attached hydrogen (secondary N) is 2. The summed E-state index contributed by atoms with van der Waals surface area (Å²) in [6, 6.07) is 8.15. The zero-order valence-electron chi connectivity index (χ0n) is 15.9. The van der Waals surface area contributed by atoms with Crippen LogP contribution in [0.15, 0.2) is 29.2 Å². The fraction of sp³-hybridized carbons (Fsp3) is 0.600. The van der Waals surface area contributed by atoms with Crippen molar-refractivity contribution in [3.05, 3.63) is 29.8 Å². The lowest BCUT2D eigenvalue weighted by Gasteiger charge is -2.31. The molecule has 5 nitrogen and oxygen atoms in total. The molecular formula is C20H30ClN3O2S. The lowest BCUT2D eigenvalue weighted by Crippen LogP contribution is -2.39. The molecule has 1 unspecified atom stereocenters. The standard InChI is InChI=1S/C20H29N3O2S.ClH/c1-23(16-7-3-2-4-8-16)19(24)14-26-18-10-6-5-9-17(18)20(25)22-15-11-12-21-13-15;/h5-6,9-10,15-16,21H,2-4,7-8,11-14H2,1H3,(H,22,25);1H. The Morgan fingerprint density at radius 2 is 1.93 bits per heavy atom. The van der Waals surface area contributed by atoms with E-state index in [0.29, 0.717) is 17.4 Å². The van der Waals surface area contributed by atoms with E-state index >= 15 is 0 Å². The molecule has 2 aliphatic rings. The Kier molecular flexibility index (Phi) is 8.93. The summed E-state index contributed by atoms with van der Waals surface area (Å²) >= 11 is 1.47. The van der Waals surface area contributed by atoms with Crippen molar-refractivity contribution < 1.29 is 9.59 Å². The lowest BCUT2D eigenvalue weighted by atomic mass is 9.94. The van der Waals surface area contributed by atoms with Crippen LogP contribution in [0.25, 0.3) is 0 Å². The normalized spacial score (nSPS) is 20.0. The maximum absolute atomic E-state index is 12.6. The quantitative estimate of drug-likeness (QED) is 0.706. The van der Waals surface area contributed by atoms with Gasteiger partial charge in [-0.1, -0.05) is 31.4 Å². The minimum absolute atomic E-state index is 0. The number of halogens is 1. The topological polar surface area (TPSA) is 61.4 Å². The largest absolute Gasteiger partial charge is 0.348 e. The SMILES string of the molecule is CN(C(=O)CSc1ccccc1C(=O)NC1CCNC1)C1CCCCC1.Cl. The molecule has 1 saturated carbocycles. The van der Waals surface area contributed by atoms with Gasteiger partial charge in [-0.05, 0) is 37.9 Å². The van der Waals surface area contributed by atoms with Crippen molar-refractivity contribution in [3.63, 3.8) is 0 Å². The molecule has 2 fully saturated rings. The van der Waals surface area contributed by atoms with Crippen LogP contribution >= 0.6 is 24.2 Å². The van der Waals surface area contributed by atoms with E-state index < -0.39 is 0 Å². The van der Waals surface area contributed by atoms with Crippen molar-refractivity contribution in [2.24, 2.45) is 0 Å². The summed E-state index contributed by atoms with van der Waals surface area (Å²) in [5.74, 6) is 0.481. The molecule has 1 aliphatic carbocycles. The second kappa shape index (κ2) is 10.9. The van der Waals surface area contributed by atoms with E-state index in [2.05, 4.69) is 10.6 Å². The van der Waals surface area contributed by atoms with Crippen LogP contribution < -0.4 is 10.6 Å². The van der Waals surface area contributed by atoms with E-state index in [1.54, 1.807) is 0 Å². The van der Waals surface area contributed by atoms with Crippen LogP contribution in [0.3, 0.4) is 0 Å². The van der Waals surface area contributed by atoms with Crippen molar-refractivity contribution >= 4 is 36.0 Å². The van der Waals surface area contributed by atoms with Gasteiger partial charge in [-0.3, -0.25) is 9.59 Å². The van der Waals surface area contributed by atoms with E-state index in [4.69, 9.17) is 0 Å². The molecule has 1 aliphatic heterocycles. The number of carbonyl (C=O) groups excluding carboxylic acids is 2. The molecule has 0 bridgehead atoms. The molecule has 0 spiro atoms. The molecule has 2 amide bonds. The van der Waals surface area contributed by atoms with E-state index in [-0.39, 0.29) is 30.3 Å². The highest BCUT2D eigenvalue weighted by Gasteiger charge is 2.23. The van der Waals surface area contributed by atoms with E-state index in [1.165, 1.54) is 31.0 Å².